The molecule has 0 saturated heterocycles. The summed E-state index contributed by atoms with van der Waals surface area (Å²) >= 11 is 0. The van der Waals surface area contributed by atoms with Gasteiger partial charge in [-0.05, 0) is 59.4 Å². The molecule has 2 amide bonds. The number of nitrogens with one attached hydrogen (secondary N) is 2. The summed E-state index contributed by atoms with van der Waals surface area (Å²) in [5, 5.41) is 5.88. The molecular weight excluding hydrogens is 386 g/mol. The van der Waals surface area contributed by atoms with Crippen LogP contribution in [0.3, 0.4) is 0 Å². The Hall–Kier alpha value is -3.73. The predicted octanol–water partition coefficient (Wildman–Crippen LogP) is 5.42. The fourth-order valence-corrected chi connectivity index (χ4v) is 3.32. The fourth-order valence-electron chi connectivity index (χ4n) is 3.32. The molecule has 0 spiro atoms. The largest absolute Gasteiger partial charge is 0.334 e. The highest BCUT2D eigenvalue weighted by atomic mass is 16.2. The highest BCUT2D eigenvalue weighted by Gasteiger charge is 2.10. The standard InChI is InChI=1S/C26H27N3O2/c1-3-21-8-6-9-22(4-2)25(21)29-26(31)28-18-20-7-5-10-23(17-20)24(30)12-11-19-13-15-27-16-14-19/h5-17H,3-4,18H2,1-2H3,(H2,28,29,31). The first-order valence-electron chi connectivity index (χ1n) is 10.5. The maximum Gasteiger partial charge on any atom is 0.319 e. The van der Waals surface area contributed by atoms with Crippen molar-refractivity contribution in [2.45, 2.75) is 33.2 Å². The molecular formula is C26H27N3O2. The highest BCUT2D eigenvalue weighted by molar-refractivity contribution is 6.06. The summed E-state index contributed by atoms with van der Waals surface area (Å²) in [5.74, 6) is -0.0902. The summed E-state index contributed by atoms with van der Waals surface area (Å²) < 4.78 is 0. The van der Waals surface area contributed by atoms with Crippen LogP contribution in [-0.4, -0.2) is 16.8 Å². The predicted molar refractivity (Wildman–Crippen MR) is 125 cm³/mol. The van der Waals surface area contributed by atoms with Crippen molar-refractivity contribution in [2.75, 3.05) is 5.32 Å². The van der Waals surface area contributed by atoms with Crippen molar-refractivity contribution in [3.63, 3.8) is 0 Å². The monoisotopic (exact) mass is 413 g/mol. The van der Waals surface area contributed by atoms with E-state index in [9.17, 15) is 9.59 Å². The summed E-state index contributed by atoms with van der Waals surface area (Å²) in [6, 6.07) is 16.8. The minimum absolute atomic E-state index is 0.0902. The van der Waals surface area contributed by atoms with Crippen LogP contribution in [0.2, 0.25) is 0 Å². The molecule has 2 aromatic carbocycles. The van der Waals surface area contributed by atoms with Crippen LogP contribution in [0.4, 0.5) is 10.5 Å². The Morgan fingerprint density at radius 2 is 1.61 bits per heavy atom. The molecule has 0 saturated carbocycles. The molecule has 0 fully saturated rings. The lowest BCUT2D eigenvalue weighted by Gasteiger charge is -2.15. The van der Waals surface area contributed by atoms with Crippen LogP contribution in [0.5, 0.6) is 0 Å². The Labute approximate surface area is 183 Å². The Morgan fingerprint density at radius 1 is 0.935 bits per heavy atom. The second-order valence-electron chi connectivity index (χ2n) is 7.14. The summed E-state index contributed by atoms with van der Waals surface area (Å²) in [6.45, 7) is 4.48. The number of benzene rings is 2. The van der Waals surface area contributed by atoms with E-state index in [1.807, 2.05) is 42.5 Å². The van der Waals surface area contributed by atoms with Gasteiger partial charge in [0, 0.05) is 30.2 Å². The van der Waals surface area contributed by atoms with E-state index in [0.717, 1.165) is 40.8 Å². The van der Waals surface area contributed by atoms with Gasteiger partial charge in [-0.25, -0.2) is 4.79 Å². The van der Waals surface area contributed by atoms with Gasteiger partial charge >= 0.3 is 6.03 Å². The van der Waals surface area contributed by atoms with E-state index in [2.05, 4.69) is 29.5 Å². The maximum absolute atomic E-state index is 12.5. The summed E-state index contributed by atoms with van der Waals surface area (Å²) in [4.78, 5) is 28.9. The summed E-state index contributed by atoms with van der Waals surface area (Å²) in [6.07, 6.45) is 8.37. The number of hydrogen-bond acceptors (Lipinski definition) is 3. The normalized spacial score (nSPS) is 10.8. The molecule has 5 nitrogen and oxygen atoms in total. The summed E-state index contributed by atoms with van der Waals surface area (Å²) in [5.41, 5.74) is 5.46. The molecule has 0 aliphatic heterocycles. The lowest BCUT2D eigenvalue weighted by atomic mass is 10.0. The van der Waals surface area contributed by atoms with Gasteiger partial charge in [0.2, 0.25) is 0 Å². The third kappa shape index (κ3) is 6.12. The van der Waals surface area contributed by atoms with Crippen LogP contribution in [0, 0.1) is 0 Å². The number of para-hydroxylation sites is 1. The van der Waals surface area contributed by atoms with Gasteiger partial charge < -0.3 is 10.6 Å². The van der Waals surface area contributed by atoms with Crippen LogP contribution < -0.4 is 10.6 Å². The van der Waals surface area contributed by atoms with Crippen molar-refractivity contribution < 1.29 is 9.59 Å². The molecule has 0 bridgehead atoms. The third-order valence-corrected chi connectivity index (χ3v) is 5.04. The molecule has 31 heavy (non-hydrogen) atoms. The van der Waals surface area contributed by atoms with Crippen LogP contribution in [-0.2, 0) is 19.4 Å². The molecule has 0 atom stereocenters. The van der Waals surface area contributed by atoms with Crippen LogP contribution in [0.1, 0.15) is 46.5 Å². The Morgan fingerprint density at radius 3 is 2.29 bits per heavy atom. The molecule has 3 aromatic rings. The summed E-state index contributed by atoms with van der Waals surface area (Å²) in [7, 11) is 0. The van der Waals surface area contributed by atoms with Crippen LogP contribution >= 0.6 is 0 Å². The molecule has 5 heteroatoms. The number of anilines is 1. The smallest absolute Gasteiger partial charge is 0.319 e. The van der Waals surface area contributed by atoms with Crippen molar-refractivity contribution in [1.82, 2.24) is 10.3 Å². The van der Waals surface area contributed by atoms with Crippen molar-refractivity contribution in [3.8, 4) is 0 Å². The molecule has 158 valence electrons. The number of hydrogen-bond donors (Lipinski definition) is 2. The van der Waals surface area contributed by atoms with E-state index in [0.29, 0.717) is 12.1 Å². The first kappa shape index (κ1) is 22.0. The van der Waals surface area contributed by atoms with Crippen molar-refractivity contribution in [2.24, 2.45) is 0 Å². The zero-order valence-corrected chi connectivity index (χ0v) is 17.9. The number of carbonyl (C=O) groups excluding carboxylic acids is 2. The van der Waals surface area contributed by atoms with Crippen LogP contribution in [0.15, 0.2) is 73.1 Å². The average molecular weight is 414 g/mol. The van der Waals surface area contributed by atoms with Gasteiger partial charge in [-0.2, -0.15) is 0 Å². The lowest BCUT2D eigenvalue weighted by Crippen LogP contribution is -2.29. The minimum atomic E-state index is -0.259. The van der Waals surface area contributed by atoms with Gasteiger partial charge in [0.15, 0.2) is 5.78 Å². The SMILES string of the molecule is CCc1cccc(CC)c1NC(=O)NCc1cccc(C(=O)C=Cc2ccncc2)c1. The Kier molecular flexibility index (Phi) is 7.71. The fraction of sp³-hybridized carbons (Fsp3) is 0.192. The molecule has 0 aliphatic carbocycles. The zero-order chi connectivity index (χ0) is 22.1. The first-order valence-corrected chi connectivity index (χ1v) is 10.5. The van der Waals surface area contributed by atoms with E-state index in [-0.39, 0.29) is 11.8 Å². The topological polar surface area (TPSA) is 71.1 Å². The second kappa shape index (κ2) is 10.9. The first-order chi connectivity index (χ1) is 15.1. The molecule has 1 aromatic heterocycles. The van der Waals surface area contributed by atoms with E-state index in [1.54, 1.807) is 36.7 Å². The number of ketones is 1. The second-order valence-corrected chi connectivity index (χ2v) is 7.14. The van der Waals surface area contributed by atoms with Crippen molar-refractivity contribution in [1.29, 1.82) is 0 Å². The number of nitrogens with zero attached hydrogens (tertiary/aromatic N) is 1. The van der Waals surface area contributed by atoms with Gasteiger partial charge in [-0.15, -0.1) is 0 Å². The number of aryl methyl sites for hydroxylation is 2. The Balaban J connectivity index is 1.62. The number of amides is 2. The van der Waals surface area contributed by atoms with Crippen molar-refractivity contribution >= 4 is 23.6 Å². The van der Waals surface area contributed by atoms with E-state index in [4.69, 9.17) is 0 Å². The van der Waals surface area contributed by atoms with Gasteiger partial charge in [0.05, 0.1) is 0 Å². The quantitative estimate of drug-likeness (QED) is 0.382. The number of allylic oxidation sites excluding steroid dienone is 1. The molecule has 0 aliphatic rings. The number of aromatic nitrogens is 1. The van der Waals surface area contributed by atoms with Crippen LogP contribution in [0.25, 0.3) is 6.08 Å². The Bertz CT molecular complexity index is 1050. The number of carbonyl (C=O) groups is 2. The van der Waals surface area contributed by atoms with E-state index < -0.39 is 0 Å². The third-order valence-electron chi connectivity index (χ3n) is 5.04. The highest BCUT2D eigenvalue weighted by Crippen LogP contribution is 2.22. The maximum atomic E-state index is 12.5. The lowest BCUT2D eigenvalue weighted by molar-refractivity contribution is 0.104. The van der Waals surface area contributed by atoms with Gasteiger partial charge in [0.1, 0.15) is 0 Å². The number of pyridine rings is 1. The minimum Gasteiger partial charge on any atom is -0.334 e. The molecule has 3 rings (SSSR count). The zero-order valence-electron chi connectivity index (χ0n) is 17.9. The molecule has 2 N–H and O–H groups in total. The molecule has 1 heterocycles. The van der Waals surface area contributed by atoms with Gasteiger partial charge in [-0.3, -0.25) is 9.78 Å². The number of rotatable bonds is 8. The van der Waals surface area contributed by atoms with E-state index >= 15 is 0 Å². The number of urea groups is 1. The molecule has 0 unspecified atom stereocenters. The average Bonchev–Trinajstić information content (AvgIpc) is 2.82. The molecule has 0 radical (unpaired) electrons. The van der Waals surface area contributed by atoms with Gasteiger partial charge in [0.25, 0.3) is 0 Å². The van der Waals surface area contributed by atoms with Gasteiger partial charge in [-0.1, -0.05) is 56.3 Å². The van der Waals surface area contributed by atoms with E-state index in [1.165, 1.54) is 0 Å². The van der Waals surface area contributed by atoms with Crippen molar-refractivity contribution in [3.05, 3.63) is 101 Å².